The zero-order chi connectivity index (χ0) is 21.1. The third kappa shape index (κ3) is 4.20. The molecule has 1 fully saturated rings. The van der Waals surface area contributed by atoms with E-state index in [1.165, 1.54) is 11.1 Å². The molecule has 5 nitrogen and oxygen atoms in total. The number of anilines is 1. The molecule has 2 aliphatic rings. The molecule has 2 heterocycles. The minimum absolute atomic E-state index is 0.00679. The van der Waals surface area contributed by atoms with Gasteiger partial charge in [-0.1, -0.05) is 43.3 Å². The molecule has 2 aromatic rings. The lowest BCUT2D eigenvalue weighted by Crippen LogP contribution is -2.48. The third-order valence-electron chi connectivity index (χ3n) is 6.48. The highest BCUT2D eigenvalue weighted by Gasteiger charge is 2.35. The van der Waals surface area contributed by atoms with E-state index in [9.17, 15) is 9.59 Å². The van der Waals surface area contributed by atoms with Gasteiger partial charge in [-0.3, -0.25) is 4.79 Å². The Morgan fingerprint density at radius 3 is 2.53 bits per heavy atom. The van der Waals surface area contributed by atoms with E-state index in [2.05, 4.69) is 41.4 Å². The molecule has 0 spiro atoms. The van der Waals surface area contributed by atoms with Gasteiger partial charge >= 0.3 is 6.03 Å². The Bertz CT molecular complexity index is 918. The number of likely N-dealkylation sites (tertiary alicyclic amines) is 1. The summed E-state index contributed by atoms with van der Waals surface area (Å²) in [4.78, 5) is 29.9. The standard InChI is InChI=1S/C25H31N3O2/c1-3-23-22-10-5-4-8-19(22)13-16-28(23)24(29)20-11-14-27(15-12-20)25(30)26-21-9-6-7-18(2)17-21/h4-10,17,20,23H,3,11-16H2,1-2H3,(H,26,30). The van der Waals surface area contributed by atoms with Gasteiger partial charge in [0, 0.05) is 31.2 Å². The summed E-state index contributed by atoms with van der Waals surface area (Å²) in [5, 5.41) is 2.98. The second kappa shape index (κ2) is 8.90. The highest BCUT2D eigenvalue weighted by Crippen LogP contribution is 2.34. The number of hydrogen-bond acceptors (Lipinski definition) is 2. The number of fused-ring (bicyclic) bond motifs is 1. The largest absolute Gasteiger partial charge is 0.335 e. The molecule has 2 aliphatic heterocycles. The maximum absolute atomic E-state index is 13.3. The molecular formula is C25H31N3O2. The summed E-state index contributed by atoms with van der Waals surface area (Å²) in [5.41, 5.74) is 4.60. The molecule has 1 saturated heterocycles. The van der Waals surface area contributed by atoms with Gasteiger partial charge in [-0.2, -0.15) is 0 Å². The number of nitrogens with one attached hydrogen (secondary N) is 1. The van der Waals surface area contributed by atoms with Crippen LogP contribution in [0.25, 0.3) is 0 Å². The quantitative estimate of drug-likeness (QED) is 0.799. The van der Waals surface area contributed by atoms with Crippen LogP contribution in [0.1, 0.15) is 48.9 Å². The first-order chi connectivity index (χ1) is 14.6. The van der Waals surface area contributed by atoms with Crippen LogP contribution in [0.4, 0.5) is 10.5 Å². The van der Waals surface area contributed by atoms with Gasteiger partial charge in [-0.15, -0.1) is 0 Å². The second-order valence-corrected chi connectivity index (χ2v) is 8.47. The van der Waals surface area contributed by atoms with Gasteiger partial charge in [0.2, 0.25) is 5.91 Å². The Labute approximate surface area is 179 Å². The third-order valence-corrected chi connectivity index (χ3v) is 6.48. The van der Waals surface area contributed by atoms with Crippen LogP contribution >= 0.6 is 0 Å². The van der Waals surface area contributed by atoms with Crippen LogP contribution in [-0.2, 0) is 11.2 Å². The van der Waals surface area contributed by atoms with Gasteiger partial charge in [0.15, 0.2) is 0 Å². The van der Waals surface area contributed by atoms with E-state index >= 15 is 0 Å². The van der Waals surface area contributed by atoms with Crippen molar-refractivity contribution in [3.8, 4) is 0 Å². The number of aryl methyl sites for hydroxylation is 1. The van der Waals surface area contributed by atoms with Gasteiger partial charge in [0.25, 0.3) is 0 Å². The van der Waals surface area contributed by atoms with Gasteiger partial charge in [-0.25, -0.2) is 4.79 Å². The molecule has 1 unspecified atom stereocenters. The molecule has 1 N–H and O–H groups in total. The van der Waals surface area contributed by atoms with E-state index in [-0.39, 0.29) is 23.9 Å². The Kier molecular flexibility index (Phi) is 6.07. The minimum Gasteiger partial charge on any atom is -0.335 e. The number of hydrogen-bond donors (Lipinski definition) is 1. The zero-order valence-electron chi connectivity index (χ0n) is 17.9. The number of urea groups is 1. The van der Waals surface area contributed by atoms with Crippen LogP contribution < -0.4 is 5.32 Å². The summed E-state index contributed by atoms with van der Waals surface area (Å²) in [7, 11) is 0. The van der Waals surface area contributed by atoms with Crippen molar-refractivity contribution in [1.82, 2.24) is 9.80 Å². The zero-order valence-corrected chi connectivity index (χ0v) is 17.9. The van der Waals surface area contributed by atoms with Crippen molar-refractivity contribution in [2.75, 3.05) is 25.0 Å². The van der Waals surface area contributed by atoms with Crippen molar-refractivity contribution < 1.29 is 9.59 Å². The van der Waals surface area contributed by atoms with Gasteiger partial charge in [0.05, 0.1) is 6.04 Å². The van der Waals surface area contributed by atoms with Crippen molar-refractivity contribution in [1.29, 1.82) is 0 Å². The van der Waals surface area contributed by atoms with E-state index in [0.717, 1.165) is 43.5 Å². The van der Waals surface area contributed by atoms with Crippen LogP contribution in [-0.4, -0.2) is 41.4 Å². The molecule has 2 aromatic carbocycles. The van der Waals surface area contributed by atoms with Crippen molar-refractivity contribution in [2.45, 2.75) is 45.6 Å². The number of carbonyl (C=O) groups is 2. The smallest absolute Gasteiger partial charge is 0.321 e. The van der Waals surface area contributed by atoms with E-state index in [1.54, 1.807) is 0 Å². The summed E-state index contributed by atoms with van der Waals surface area (Å²) in [5.74, 6) is 0.266. The van der Waals surface area contributed by atoms with Gasteiger partial charge in [0.1, 0.15) is 0 Å². The first kappa shape index (κ1) is 20.5. The Morgan fingerprint density at radius 1 is 1.03 bits per heavy atom. The monoisotopic (exact) mass is 405 g/mol. The molecule has 30 heavy (non-hydrogen) atoms. The van der Waals surface area contributed by atoms with Gasteiger partial charge < -0.3 is 15.1 Å². The number of amides is 3. The molecular weight excluding hydrogens is 374 g/mol. The fourth-order valence-electron chi connectivity index (χ4n) is 4.85. The van der Waals surface area contributed by atoms with Crippen LogP contribution in [0, 0.1) is 12.8 Å². The average molecular weight is 406 g/mol. The van der Waals surface area contributed by atoms with Crippen molar-refractivity contribution >= 4 is 17.6 Å². The first-order valence-corrected chi connectivity index (χ1v) is 11.1. The van der Waals surface area contributed by atoms with Crippen molar-refractivity contribution in [3.63, 3.8) is 0 Å². The Hall–Kier alpha value is -2.82. The van der Waals surface area contributed by atoms with E-state index in [0.29, 0.717) is 13.1 Å². The van der Waals surface area contributed by atoms with Crippen LogP contribution in [0.3, 0.4) is 0 Å². The molecule has 0 aromatic heterocycles. The SMILES string of the molecule is CCC1c2ccccc2CCN1C(=O)C1CCN(C(=O)Nc2cccc(C)c2)CC1. The number of piperidine rings is 1. The number of benzene rings is 2. The van der Waals surface area contributed by atoms with Crippen LogP contribution in [0.5, 0.6) is 0 Å². The number of rotatable bonds is 3. The summed E-state index contributed by atoms with van der Waals surface area (Å²) >= 11 is 0. The van der Waals surface area contributed by atoms with E-state index in [1.807, 2.05) is 36.1 Å². The summed E-state index contributed by atoms with van der Waals surface area (Å²) in [6, 6.07) is 16.4. The Balaban J connectivity index is 1.36. The molecule has 4 rings (SSSR count). The normalized spacial score (nSPS) is 19.3. The highest BCUT2D eigenvalue weighted by atomic mass is 16.2. The lowest BCUT2D eigenvalue weighted by Gasteiger charge is -2.40. The van der Waals surface area contributed by atoms with Crippen molar-refractivity contribution in [2.24, 2.45) is 5.92 Å². The van der Waals surface area contributed by atoms with Crippen LogP contribution in [0.15, 0.2) is 48.5 Å². The summed E-state index contributed by atoms with van der Waals surface area (Å²) in [6.07, 6.45) is 3.32. The summed E-state index contributed by atoms with van der Waals surface area (Å²) in [6.45, 7) is 6.20. The second-order valence-electron chi connectivity index (χ2n) is 8.47. The number of nitrogens with zero attached hydrogens (tertiary/aromatic N) is 2. The maximum Gasteiger partial charge on any atom is 0.321 e. The molecule has 158 valence electrons. The number of carbonyl (C=O) groups excluding carboxylic acids is 2. The lowest BCUT2D eigenvalue weighted by atomic mass is 9.88. The molecule has 0 radical (unpaired) electrons. The highest BCUT2D eigenvalue weighted by molar-refractivity contribution is 5.89. The molecule has 0 saturated carbocycles. The lowest BCUT2D eigenvalue weighted by molar-refractivity contribution is -0.140. The molecule has 0 bridgehead atoms. The minimum atomic E-state index is -0.0789. The summed E-state index contributed by atoms with van der Waals surface area (Å²) < 4.78 is 0. The van der Waals surface area contributed by atoms with E-state index in [4.69, 9.17) is 0 Å². The predicted molar refractivity (Wildman–Crippen MR) is 119 cm³/mol. The molecule has 3 amide bonds. The van der Waals surface area contributed by atoms with Crippen LogP contribution in [0.2, 0.25) is 0 Å². The topological polar surface area (TPSA) is 52.7 Å². The first-order valence-electron chi connectivity index (χ1n) is 11.1. The van der Waals surface area contributed by atoms with Gasteiger partial charge in [-0.05, 0) is 61.4 Å². The molecule has 0 aliphatic carbocycles. The fraction of sp³-hybridized carbons (Fsp3) is 0.440. The van der Waals surface area contributed by atoms with E-state index < -0.39 is 0 Å². The Morgan fingerprint density at radius 2 is 1.80 bits per heavy atom. The maximum atomic E-state index is 13.3. The fourth-order valence-corrected chi connectivity index (χ4v) is 4.85. The predicted octanol–water partition coefficient (Wildman–Crippen LogP) is 4.77. The molecule has 1 atom stereocenters. The average Bonchev–Trinajstić information content (AvgIpc) is 2.78. The molecule has 5 heteroatoms. The van der Waals surface area contributed by atoms with Crippen molar-refractivity contribution in [3.05, 3.63) is 65.2 Å².